The minimum absolute atomic E-state index is 0.0189. The lowest BCUT2D eigenvalue weighted by Gasteiger charge is -2.13. The van der Waals surface area contributed by atoms with Crippen molar-refractivity contribution in [3.05, 3.63) is 27.0 Å². The third-order valence-electron chi connectivity index (χ3n) is 2.69. The highest BCUT2D eigenvalue weighted by Gasteiger charge is 2.28. The van der Waals surface area contributed by atoms with E-state index in [1.54, 1.807) is 0 Å². The van der Waals surface area contributed by atoms with E-state index >= 15 is 0 Å². The fraction of sp³-hybridized carbons (Fsp3) is 0.417. The van der Waals surface area contributed by atoms with Crippen molar-refractivity contribution in [1.82, 2.24) is 10.3 Å². The first-order valence-corrected chi connectivity index (χ1v) is 7.04. The first kappa shape index (κ1) is 15.4. The highest BCUT2D eigenvalue weighted by atomic mass is 35.5. The number of halogens is 3. The Kier molecular flexibility index (Phi) is 4.73. The largest absolute Gasteiger partial charge is 0.448 e. The molecule has 1 saturated carbocycles. The predicted molar refractivity (Wildman–Crippen MR) is 75.3 cm³/mol. The molecule has 1 aromatic rings. The van der Waals surface area contributed by atoms with Crippen LogP contribution >= 0.6 is 34.8 Å². The molecule has 0 radical (unpaired) electrons. The lowest BCUT2D eigenvalue weighted by atomic mass is 10.3. The summed E-state index contributed by atoms with van der Waals surface area (Å²) >= 11 is 17.4. The maximum Gasteiger partial charge on any atom is 0.359 e. The molecule has 0 aliphatic heterocycles. The smallest absolute Gasteiger partial charge is 0.359 e. The Morgan fingerprint density at radius 3 is 2.60 bits per heavy atom. The minimum atomic E-state index is -0.935. The molecule has 1 aliphatic carbocycles. The van der Waals surface area contributed by atoms with Crippen LogP contribution in [-0.4, -0.2) is 29.0 Å². The Morgan fingerprint density at radius 1 is 1.35 bits per heavy atom. The van der Waals surface area contributed by atoms with Crippen LogP contribution in [0.1, 0.15) is 30.3 Å². The van der Waals surface area contributed by atoms with Gasteiger partial charge in [0, 0.05) is 12.2 Å². The summed E-state index contributed by atoms with van der Waals surface area (Å²) in [5, 5.41) is 2.78. The number of nitrogens with zero attached hydrogens (tertiary/aromatic N) is 1. The predicted octanol–water partition coefficient (Wildman–Crippen LogP) is 2.87. The van der Waals surface area contributed by atoms with Crippen LogP contribution in [-0.2, 0) is 9.53 Å². The van der Waals surface area contributed by atoms with Gasteiger partial charge in [-0.25, -0.2) is 9.78 Å². The number of amides is 1. The van der Waals surface area contributed by atoms with Crippen molar-refractivity contribution in [3.8, 4) is 0 Å². The first-order valence-electron chi connectivity index (χ1n) is 5.91. The van der Waals surface area contributed by atoms with Crippen molar-refractivity contribution in [1.29, 1.82) is 0 Å². The Balaban J connectivity index is 2.04. The summed E-state index contributed by atoms with van der Waals surface area (Å²) in [5.74, 6) is -1.18. The van der Waals surface area contributed by atoms with Gasteiger partial charge >= 0.3 is 5.97 Å². The molecule has 0 saturated heterocycles. The number of hydrogen-bond donors (Lipinski definition) is 1. The molecule has 1 N–H and O–H groups in total. The van der Waals surface area contributed by atoms with Gasteiger partial charge in [-0.2, -0.15) is 0 Å². The lowest BCUT2D eigenvalue weighted by molar-refractivity contribution is -0.129. The fourth-order valence-electron chi connectivity index (χ4n) is 1.40. The molecule has 20 heavy (non-hydrogen) atoms. The summed E-state index contributed by atoms with van der Waals surface area (Å²) in [7, 11) is 0. The topological polar surface area (TPSA) is 68.3 Å². The Labute approximate surface area is 130 Å². The number of hydrogen-bond acceptors (Lipinski definition) is 4. The maximum absolute atomic E-state index is 11.9. The number of pyridine rings is 1. The normalized spacial score (nSPS) is 15.6. The van der Waals surface area contributed by atoms with Gasteiger partial charge in [0.25, 0.3) is 5.91 Å². The zero-order valence-corrected chi connectivity index (χ0v) is 12.7. The molecule has 1 heterocycles. The number of nitrogens with one attached hydrogen (secondary N) is 1. The van der Waals surface area contributed by atoms with Crippen molar-refractivity contribution >= 4 is 46.7 Å². The van der Waals surface area contributed by atoms with E-state index in [1.807, 2.05) is 0 Å². The number of aromatic nitrogens is 1. The Bertz CT molecular complexity index is 561. The number of ether oxygens (including phenoxy) is 1. The highest BCUT2D eigenvalue weighted by molar-refractivity contribution is 6.48. The second-order valence-electron chi connectivity index (χ2n) is 4.41. The molecule has 1 amide bonds. The van der Waals surface area contributed by atoms with Gasteiger partial charge in [0.2, 0.25) is 0 Å². The number of esters is 1. The van der Waals surface area contributed by atoms with Crippen LogP contribution in [0.25, 0.3) is 0 Å². The van der Waals surface area contributed by atoms with E-state index in [-0.39, 0.29) is 32.7 Å². The van der Waals surface area contributed by atoms with Crippen molar-refractivity contribution < 1.29 is 14.3 Å². The zero-order valence-electron chi connectivity index (χ0n) is 10.5. The van der Waals surface area contributed by atoms with Gasteiger partial charge in [0.05, 0.1) is 15.1 Å². The highest BCUT2D eigenvalue weighted by Crippen LogP contribution is 2.31. The summed E-state index contributed by atoms with van der Waals surface area (Å²) in [5.41, 5.74) is -0.174. The molecular weight excluding hydrogens is 327 g/mol. The minimum Gasteiger partial charge on any atom is -0.448 e. The third kappa shape index (κ3) is 3.53. The van der Waals surface area contributed by atoms with E-state index in [0.717, 1.165) is 12.8 Å². The number of rotatable bonds is 4. The van der Waals surface area contributed by atoms with Crippen LogP contribution in [0, 0.1) is 0 Å². The van der Waals surface area contributed by atoms with Crippen molar-refractivity contribution in [2.75, 3.05) is 0 Å². The Morgan fingerprint density at radius 2 is 2.00 bits per heavy atom. The van der Waals surface area contributed by atoms with Crippen LogP contribution in [0.2, 0.25) is 15.1 Å². The third-order valence-corrected chi connectivity index (χ3v) is 3.93. The average molecular weight is 338 g/mol. The molecule has 1 aliphatic rings. The molecule has 1 aromatic heterocycles. The Hall–Kier alpha value is -1.04. The van der Waals surface area contributed by atoms with Crippen LogP contribution in [0.5, 0.6) is 0 Å². The SMILES string of the molecule is C[C@@H](OC(=O)c1ncc(Cl)c(Cl)c1Cl)C(=O)NC1CC1. The summed E-state index contributed by atoms with van der Waals surface area (Å²) < 4.78 is 5.00. The van der Waals surface area contributed by atoms with Gasteiger partial charge in [0.1, 0.15) is 0 Å². The van der Waals surface area contributed by atoms with Crippen LogP contribution in [0.3, 0.4) is 0 Å². The molecule has 108 valence electrons. The second-order valence-corrected chi connectivity index (χ2v) is 5.58. The van der Waals surface area contributed by atoms with Crippen LogP contribution in [0.4, 0.5) is 0 Å². The van der Waals surface area contributed by atoms with E-state index in [4.69, 9.17) is 39.5 Å². The van der Waals surface area contributed by atoms with Crippen molar-refractivity contribution in [3.63, 3.8) is 0 Å². The molecular formula is C12H11Cl3N2O3. The second kappa shape index (κ2) is 6.16. The van der Waals surface area contributed by atoms with E-state index in [0.29, 0.717) is 0 Å². The van der Waals surface area contributed by atoms with Crippen LogP contribution in [0.15, 0.2) is 6.20 Å². The van der Waals surface area contributed by atoms with Gasteiger partial charge in [-0.05, 0) is 19.8 Å². The first-order chi connectivity index (χ1) is 9.40. The van der Waals surface area contributed by atoms with Crippen molar-refractivity contribution in [2.24, 2.45) is 0 Å². The molecule has 0 bridgehead atoms. The summed E-state index contributed by atoms with van der Waals surface area (Å²) in [6.07, 6.45) is 2.16. The molecule has 0 unspecified atom stereocenters. The molecule has 8 heteroatoms. The molecule has 5 nitrogen and oxygen atoms in total. The standard InChI is InChI=1S/C12H11Cl3N2O3/c1-5(11(18)17-6-2-3-6)20-12(19)10-9(15)8(14)7(13)4-16-10/h4-6H,2-3H2,1H3,(H,17,18)/t5-/m1/s1. The number of carbonyl (C=O) groups is 2. The van der Waals surface area contributed by atoms with E-state index in [1.165, 1.54) is 13.1 Å². The lowest BCUT2D eigenvalue weighted by Crippen LogP contribution is -2.37. The molecule has 1 atom stereocenters. The van der Waals surface area contributed by atoms with Gasteiger partial charge in [-0.15, -0.1) is 0 Å². The summed E-state index contributed by atoms with van der Waals surface area (Å²) in [4.78, 5) is 27.3. The van der Waals surface area contributed by atoms with Crippen molar-refractivity contribution in [2.45, 2.75) is 31.9 Å². The quantitative estimate of drug-likeness (QED) is 0.858. The van der Waals surface area contributed by atoms with Crippen LogP contribution < -0.4 is 5.32 Å². The van der Waals surface area contributed by atoms with E-state index in [9.17, 15) is 9.59 Å². The van der Waals surface area contributed by atoms with Gasteiger partial charge in [-0.1, -0.05) is 34.8 Å². The molecule has 0 spiro atoms. The summed E-state index contributed by atoms with van der Waals surface area (Å²) in [6, 6.07) is 0.190. The van der Waals surface area contributed by atoms with E-state index < -0.39 is 12.1 Å². The van der Waals surface area contributed by atoms with Gasteiger partial charge in [-0.3, -0.25) is 4.79 Å². The van der Waals surface area contributed by atoms with Gasteiger partial charge in [0.15, 0.2) is 11.8 Å². The molecule has 2 rings (SSSR count). The monoisotopic (exact) mass is 336 g/mol. The molecule has 0 aromatic carbocycles. The fourth-order valence-corrected chi connectivity index (χ4v) is 1.96. The maximum atomic E-state index is 11.9. The van der Waals surface area contributed by atoms with E-state index in [2.05, 4.69) is 10.3 Å². The zero-order chi connectivity index (χ0) is 14.9. The average Bonchev–Trinajstić information content (AvgIpc) is 3.19. The number of carbonyl (C=O) groups excluding carboxylic acids is 2. The molecule has 1 fully saturated rings. The van der Waals surface area contributed by atoms with Gasteiger partial charge < -0.3 is 10.1 Å². The summed E-state index contributed by atoms with van der Waals surface area (Å²) in [6.45, 7) is 1.47.